The van der Waals surface area contributed by atoms with E-state index in [4.69, 9.17) is 23.2 Å². The summed E-state index contributed by atoms with van der Waals surface area (Å²) in [6.45, 7) is 6.29. The molecule has 0 radical (unpaired) electrons. The molecule has 2 heterocycles. The van der Waals surface area contributed by atoms with Gasteiger partial charge in [0.25, 0.3) is 0 Å². The Morgan fingerprint density at radius 3 is 2.41 bits per heavy atom. The minimum absolute atomic E-state index is 0.292. The predicted octanol–water partition coefficient (Wildman–Crippen LogP) is 2.74. The van der Waals surface area contributed by atoms with Crippen molar-refractivity contribution in [3.8, 4) is 0 Å². The van der Waals surface area contributed by atoms with Crippen LogP contribution in [0.5, 0.6) is 0 Å². The first-order valence-electron chi connectivity index (χ1n) is 5.97. The molecule has 1 atom stereocenters. The van der Waals surface area contributed by atoms with E-state index in [1.165, 1.54) is 0 Å². The quantitative estimate of drug-likeness (QED) is 0.918. The lowest BCUT2D eigenvalue weighted by atomic mass is 10.0. The van der Waals surface area contributed by atoms with Crippen LogP contribution in [-0.2, 0) is 0 Å². The number of pyridine rings is 1. The highest BCUT2D eigenvalue weighted by Crippen LogP contribution is 2.34. The van der Waals surface area contributed by atoms with Gasteiger partial charge in [0, 0.05) is 50.2 Å². The number of piperazine rings is 1. The molecular formula is C12H17Cl2N3. The fraction of sp³-hybridized carbons (Fsp3) is 0.583. The molecule has 2 rings (SSSR count). The van der Waals surface area contributed by atoms with Crippen molar-refractivity contribution in [2.45, 2.75) is 19.4 Å². The summed E-state index contributed by atoms with van der Waals surface area (Å²) in [6, 6.07) is 0.292. The van der Waals surface area contributed by atoms with E-state index in [0.29, 0.717) is 16.1 Å². The Bertz CT molecular complexity index is 358. The molecule has 3 nitrogen and oxygen atoms in total. The number of hydrogen-bond acceptors (Lipinski definition) is 3. The number of hydrogen-bond donors (Lipinski definition) is 1. The molecule has 17 heavy (non-hydrogen) atoms. The number of rotatable bonds is 3. The average molecular weight is 274 g/mol. The van der Waals surface area contributed by atoms with Crippen LogP contribution in [0.25, 0.3) is 0 Å². The first-order chi connectivity index (χ1) is 8.24. The van der Waals surface area contributed by atoms with Crippen LogP contribution < -0.4 is 5.32 Å². The van der Waals surface area contributed by atoms with E-state index in [-0.39, 0.29) is 0 Å². The Kier molecular flexibility index (Phi) is 4.62. The van der Waals surface area contributed by atoms with Gasteiger partial charge >= 0.3 is 0 Å². The Balaban J connectivity index is 2.27. The van der Waals surface area contributed by atoms with Crippen LogP contribution in [0, 0.1) is 0 Å². The Morgan fingerprint density at radius 1 is 1.29 bits per heavy atom. The summed E-state index contributed by atoms with van der Waals surface area (Å²) in [5.41, 5.74) is 1.02. The van der Waals surface area contributed by atoms with Crippen molar-refractivity contribution in [3.63, 3.8) is 0 Å². The zero-order chi connectivity index (χ0) is 12.3. The lowest BCUT2D eigenvalue weighted by Gasteiger charge is -2.35. The van der Waals surface area contributed by atoms with Crippen LogP contribution in [0.15, 0.2) is 12.4 Å². The summed E-state index contributed by atoms with van der Waals surface area (Å²) < 4.78 is 0. The number of aromatic nitrogens is 1. The molecule has 0 amide bonds. The highest BCUT2D eigenvalue weighted by atomic mass is 35.5. The van der Waals surface area contributed by atoms with Gasteiger partial charge in [0.15, 0.2) is 0 Å². The van der Waals surface area contributed by atoms with E-state index in [1.54, 1.807) is 12.4 Å². The number of nitrogens with one attached hydrogen (secondary N) is 1. The third-order valence-corrected chi connectivity index (χ3v) is 3.81. The maximum atomic E-state index is 6.23. The van der Waals surface area contributed by atoms with Crippen LogP contribution in [0.2, 0.25) is 10.0 Å². The van der Waals surface area contributed by atoms with Gasteiger partial charge in [-0.05, 0) is 6.42 Å². The predicted molar refractivity (Wildman–Crippen MR) is 71.7 cm³/mol. The molecule has 0 spiro atoms. The number of nitrogens with zero attached hydrogens (tertiary/aromatic N) is 2. The van der Waals surface area contributed by atoms with E-state index < -0.39 is 0 Å². The van der Waals surface area contributed by atoms with Crippen molar-refractivity contribution in [2.24, 2.45) is 0 Å². The molecular weight excluding hydrogens is 257 g/mol. The van der Waals surface area contributed by atoms with Crippen molar-refractivity contribution < 1.29 is 0 Å². The van der Waals surface area contributed by atoms with Crippen LogP contribution >= 0.6 is 23.2 Å². The summed E-state index contributed by atoms with van der Waals surface area (Å²) in [7, 11) is 0. The molecule has 0 aliphatic carbocycles. The molecule has 1 aliphatic rings. The maximum absolute atomic E-state index is 6.23. The van der Waals surface area contributed by atoms with Gasteiger partial charge in [-0.3, -0.25) is 9.88 Å². The topological polar surface area (TPSA) is 28.2 Å². The fourth-order valence-corrected chi connectivity index (χ4v) is 2.99. The summed E-state index contributed by atoms with van der Waals surface area (Å²) in [4.78, 5) is 6.45. The molecule has 1 fully saturated rings. The van der Waals surface area contributed by atoms with Gasteiger partial charge in [-0.15, -0.1) is 0 Å². The van der Waals surface area contributed by atoms with Gasteiger partial charge in [-0.2, -0.15) is 0 Å². The zero-order valence-electron chi connectivity index (χ0n) is 9.92. The van der Waals surface area contributed by atoms with Gasteiger partial charge in [0.2, 0.25) is 0 Å². The standard InChI is InChI=1S/C12H17Cl2N3/c1-2-11(17-5-3-15-4-6-17)12-9(13)7-16-8-10(12)14/h7-8,11,15H,2-6H2,1H3/t11-/m1/s1. The summed E-state index contributed by atoms with van der Waals surface area (Å²) in [5.74, 6) is 0. The first-order valence-corrected chi connectivity index (χ1v) is 6.73. The minimum Gasteiger partial charge on any atom is -0.314 e. The van der Waals surface area contributed by atoms with Crippen molar-refractivity contribution in [3.05, 3.63) is 28.0 Å². The summed E-state index contributed by atoms with van der Waals surface area (Å²) in [6.07, 6.45) is 4.35. The largest absolute Gasteiger partial charge is 0.314 e. The third kappa shape index (κ3) is 2.91. The van der Waals surface area contributed by atoms with Crippen LogP contribution in [0.1, 0.15) is 24.9 Å². The molecule has 1 aliphatic heterocycles. The van der Waals surface area contributed by atoms with Crippen molar-refractivity contribution >= 4 is 23.2 Å². The molecule has 1 saturated heterocycles. The maximum Gasteiger partial charge on any atom is 0.0652 e. The SMILES string of the molecule is CC[C@H](c1c(Cl)cncc1Cl)N1CCNCC1. The van der Waals surface area contributed by atoms with Gasteiger partial charge in [0.1, 0.15) is 0 Å². The van der Waals surface area contributed by atoms with E-state index in [9.17, 15) is 0 Å². The summed E-state index contributed by atoms with van der Waals surface area (Å²) in [5, 5.41) is 4.69. The van der Waals surface area contributed by atoms with Crippen LogP contribution in [0.4, 0.5) is 0 Å². The van der Waals surface area contributed by atoms with E-state index in [0.717, 1.165) is 38.2 Å². The normalized spacial score (nSPS) is 19.2. The van der Waals surface area contributed by atoms with E-state index >= 15 is 0 Å². The molecule has 5 heteroatoms. The van der Waals surface area contributed by atoms with Gasteiger partial charge in [-0.25, -0.2) is 0 Å². The molecule has 94 valence electrons. The lowest BCUT2D eigenvalue weighted by Crippen LogP contribution is -2.45. The fourth-order valence-electron chi connectivity index (χ4n) is 2.38. The third-order valence-electron chi connectivity index (χ3n) is 3.20. The number of halogens is 2. The molecule has 1 aromatic rings. The van der Waals surface area contributed by atoms with Gasteiger partial charge < -0.3 is 5.32 Å². The Hall–Kier alpha value is -0.350. The van der Waals surface area contributed by atoms with Crippen molar-refractivity contribution in [1.82, 2.24) is 15.2 Å². The minimum atomic E-state index is 0.292. The molecule has 0 bridgehead atoms. The zero-order valence-corrected chi connectivity index (χ0v) is 11.4. The molecule has 1 aromatic heterocycles. The van der Waals surface area contributed by atoms with E-state index in [1.807, 2.05) is 0 Å². The van der Waals surface area contributed by atoms with Crippen LogP contribution in [0.3, 0.4) is 0 Å². The second kappa shape index (κ2) is 6.01. The van der Waals surface area contributed by atoms with Crippen molar-refractivity contribution in [1.29, 1.82) is 0 Å². The second-order valence-corrected chi connectivity index (χ2v) is 5.04. The van der Waals surface area contributed by atoms with Gasteiger partial charge in [-0.1, -0.05) is 30.1 Å². The molecule has 0 saturated carbocycles. The highest BCUT2D eigenvalue weighted by Gasteiger charge is 2.24. The average Bonchev–Trinajstić information content (AvgIpc) is 2.35. The lowest BCUT2D eigenvalue weighted by molar-refractivity contribution is 0.169. The molecule has 0 unspecified atom stereocenters. The highest BCUT2D eigenvalue weighted by molar-refractivity contribution is 6.35. The summed E-state index contributed by atoms with van der Waals surface area (Å²) >= 11 is 12.5. The Morgan fingerprint density at radius 2 is 1.88 bits per heavy atom. The molecule has 0 aromatic carbocycles. The smallest absolute Gasteiger partial charge is 0.0652 e. The van der Waals surface area contributed by atoms with Crippen molar-refractivity contribution in [2.75, 3.05) is 26.2 Å². The van der Waals surface area contributed by atoms with Gasteiger partial charge in [0.05, 0.1) is 10.0 Å². The monoisotopic (exact) mass is 273 g/mol. The molecule has 1 N–H and O–H groups in total. The second-order valence-electron chi connectivity index (χ2n) is 4.23. The first kappa shape index (κ1) is 13.1. The Labute approximate surface area is 112 Å². The van der Waals surface area contributed by atoms with E-state index in [2.05, 4.69) is 22.1 Å². The van der Waals surface area contributed by atoms with Crippen LogP contribution in [-0.4, -0.2) is 36.1 Å².